The van der Waals surface area contributed by atoms with Crippen LogP contribution >= 0.6 is 11.6 Å². The Labute approximate surface area is 240 Å². The number of carbonyl (C=O) groups is 3. The number of rotatable bonds is 10. The number of ether oxygens (including phenoxy) is 2. The van der Waals surface area contributed by atoms with Crippen LogP contribution in [0, 0.1) is 0 Å². The Balaban J connectivity index is 1.52. The Morgan fingerprint density at radius 1 is 1.07 bits per heavy atom. The van der Waals surface area contributed by atoms with Crippen molar-refractivity contribution in [1.82, 2.24) is 10.6 Å². The van der Waals surface area contributed by atoms with E-state index in [0.717, 1.165) is 10.8 Å². The predicted octanol–water partition coefficient (Wildman–Crippen LogP) is 1.60. The predicted molar refractivity (Wildman–Crippen MR) is 148 cm³/mol. The quantitative estimate of drug-likeness (QED) is 0.206. The molecule has 12 heteroatoms. The van der Waals surface area contributed by atoms with E-state index in [1.165, 1.54) is 31.2 Å². The molecule has 1 aliphatic heterocycles. The lowest BCUT2D eigenvalue weighted by molar-refractivity contribution is -0.314. The number of carbonyl (C=O) groups excluding carboxylic acids is 2. The van der Waals surface area contributed by atoms with Gasteiger partial charge in [-0.25, -0.2) is 4.79 Å². The second-order valence-electron chi connectivity index (χ2n) is 9.88. The van der Waals surface area contributed by atoms with E-state index in [2.05, 4.69) is 10.6 Å². The molecule has 41 heavy (non-hydrogen) atoms. The first kappa shape index (κ1) is 30.4. The number of benzene rings is 3. The second-order valence-corrected chi connectivity index (χ2v) is 10.3. The van der Waals surface area contributed by atoms with Crippen molar-refractivity contribution in [2.75, 3.05) is 6.54 Å². The fraction of sp³-hybridized carbons (Fsp3) is 0.345. The topological polar surface area (TPSA) is 175 Å². The smallest absolute Gasteiger partial charge is 0.364 e. The van der Waals surface area contributed by atoms with E-state index in [4.69, 9.17) is 21.1 Å². The molecule has 1 aliphatic rings. The first-order valence-electron chi connectivity index (χ1n) is 12.9. The summed E-state index contributed by atoms with van der Waals surface area (Å²) in [6.07, 6.45) is -7.26. The van der Waals surface area contributed by atoms with Gasteiger partial charge in [0.15, 0.2) is 0 Å². The molecule has 1 heterocycles. The molecule has 0 aromatic heterocycles. The molecule has 1 saturated heterocycles. The van der Waals surface area contributed by atoms with E-state index >= 15 is 0 Å². The van der Waals surface area contributed by atoms with E-state index in [9.17, 15) is 34.8 Å². The summed E-state index contributed by atoms with van der Waals surface area (Å²) in [6, 6.07) is 17.7. The molecule has 0 saturated carbocycles. The van der Waals surface area contributed by atoms with Gasteiger partial charge in [0.2, 0.25) is 5.91 Å². The van der Waals surface area contributed by atoms with Crippen molar-refractivity contribution in [3.63, 3.8) is 0 Å². The average molecular weight is 587 g/mol. The highest BCUT2D eigenvalue weighted by Gasteiger charge is 2.55. The number of carboxylic acid groups (broad SMARTS) is 1. The number of fused-ring (bicyclic) bond motifs is 1. The maximum atomic E-state index is 12.5. The Morgan fingerprint density at radius 2 is 1.76 bits per heavy atom. The van der Waals surface area contributed by atoms with Gasteiger partial charge < -0.3 is 40.5 Å². The molecule has 2 amide bonds. The minimum absolute atomic E-state index is 0.211. The largest absolute Gasteiger partial charge is 0.477 e. The summed E-state index contributed by atoms with van der Waals surface area (Å²) in [5, 5.41) is 50.0. The highest BCUT2D eigenvalue weighted by Crippen LogP contribution is 2.34. The van der Waals surface area contributed by atoms with Crippen LogP contribution in [0.2, 0.25) is 5.02 Å². The Kier molecular flexibility index (Phi) is 9.59. The molecule has 3 aromatic carbocycles. The van der Waals surface area contributed by atoms with E-state index in [1.807, 2.05) is 36.4 Å². The van der Waals surface area contributed by atoms with Crippen LogP contribution in [-0.4, -0.2) is 81.0 Å². The van der Waals surface area contributed by atoms with Gasteiger partial charge in [0.05, 0.1) is 24.9 Å². The maximum absolute atomic E-state index is 12.5. The summed E-state index contributed by atoms with van der Waals surface area (Å²) >= 11 is 5.84. The van der Waals surface area contributed by atoms with Gasteiger partial charge in [-0.3, -0.25) is 9.59 Å². The standard InChI is InChI=1S/C29H31ClN2O9/c1-16(33)32-24-22(34)13-29(28(38)39,40-15-17-6-7-18-4-2-3-5-20(18)12-17)41-26(24)25(36)23(35)14-31-27(37)19-8-10-21(30)11-9-19/h2-12,22-26,34-36H,13-15H2,1H3,(H,31,37)(H,32,33)(H,38,39)/t22-,23+,24+,25+,26+,29+/m0/s1. The average Bonchev–Trinajstić information content (AvgIpc) is 2.95. The zero-order valence-electron chi connectivity index (χ0n) is 22.1. The van der Waals surface area contributed by atoms with E-state index in [1.54, 1.807) is 6.07 Å². The van der Waals surface area contributed by atoms with Crippen molar-refractivity contribution in [2.45, 2.75) is 56.2 Å². The molecule has 0 bridgehead atoms. The Hall–Kier alpha value is -3.58. The monoisotopic (exact) mass is 586 g/mol. The molecule has 0 radical (unpaired) electrons. The Bertz CT molecular complexity index is 1400. The molecule has 0 aliphatic carbocycles. The number of hydrogen-bond donors (Lipinski definition) is 6. The number of halogens is 1. The fourth-order valence-corrected chi connectivity index (χ4v) is 4.84. The lowest BCUT2D eigenvalue weighted by Crippen LogP contribution is -2.68. The van der Waals surface area contributed by atoms with E-state index in [-0.39, 0.29) is 12.2 Å². The van der Waals surface area contributed by atoms with Gasteiger partial charge in [0, 0.05) is 30.5 Å². The van der Waals surface area contributed by atoms with Crippen molar-refractivity contribution in [3.8, 4) is 0 Å². The minimum atomic E-state index is -2.42. The number of hydrogen-bond acceptors (Lipinski definition) is 8. The summed E-state index contributed by atoms with van der Waals surface area (Å²) in [5.74, 6) is -5.13. The molecule has 0 spiro atoms. The third-order valence-corrected chi connectivity index (χ3v) is 7.12. The molecule has 4 rings (SSSR count). The van der Waals surface area contributed by atoms with Crippen molar-refractivity contribution >= 4 is 40.2 Å². The third-order valence-electron chi connectivity index (χ3n) is 6.86. The molecule has 218 valence electrons. The number of nitrogens with one attached hydrogen (secondary N) is 2. The van der Waals surface area contributed by atoms with Crippen LogP contribution in [0.4, 0.5) is 0 Å². The lowest BCUT2D eigenvalue weighted by Gasteiger charge is -2.46. The van der Waals surface area contributed by atoms with Gasteiger partial charge in [0.1, 0.15) is 12.2 Å². The first-order valence-corrected chi connectivity index (χ1v) is 13.2. The van der Waals surface area contributed by atoms with Crippen LogP contribution in [0.25, 0.3) is 10.8 Å². The molecule has 6 atom stereocenters. The summed E-state index contributed by atoms with van der Waals surface area (Å²) in [7, 11) is 0. The molecule has 6 N–H and O–H groups in total. The van der Waals surface area contributed by atoms with E-state index in [0.29, 0.717) is 10.6 Å². The van der Waals surface area contributed by atoms with Crippen LogP contribution in [0.1, 0.15) is 29.3 Å². The normalized spacial score (nSPS) is 23.9. The van der Waals surface area contributed by atoms with Gasteiger partial charge in [0.25, 0.3) is 11.7 Å². The fourth-order valence-electron chi connectivity index (χ4n) is 4.72. The van der Waals surface area contributed by atoms with Gasteiger partial charge in [-0.05, 0) is 46.7 Å². The van der Waals surface area contributed by atoms with Crippen molar-refractivity contribution in [1.29, 1.82) is 0 Å². The summed E-state index contributed by atoms with van der Waals surface area (Å²) in [5.41, 5.74) is 0.886. The lowest BCUT2D eigenvalue weighted by atomic mass is 9.88. The number of aliphatic carboxylic acids is 1. The van der Waals surface area contributed by atoms with Crippen molar-refractivity contribution in [3.05, 3.63) is 82.9 Å². The van der Waals surface area contributed by atoms with Crippen molar-refractivity contribution < 1.29 is 44.3 Å². The molecule has 3 aromatic rings. The van der Waals surface area contributed by atoms with Crippen LogP contribution < -0.4 is 10.6 Å². The maximum Gasteiger partial charge on any atom is 0.364 e. The van der Waals surface area contributed by atoms with Crippen molar-refractivity contribution in [2.24, 2.45) is 0 Å². The number of carboxylic acids is 1. The molecular weight excluding hydrogens is 556 g/mol. The van der Waals surface area contributed by atoms with Gasteiger partial charge in [-0.15, -0.1) is 0 Å². The number of amides is 2. The Morgan fingerprint density at radius 3 is 2.41 bits per heavy atom. The van der Waals surface area contributed by atoms with Crippen LogP contribution in [-0.2, 0) is 25.7 Å². The van der Waals surface area contributed by atoms with Gasteiger partial charge in [-0.2, -0.15) is 0 Å². The molecule has 0 unspecified atom stereocenters. The second kappa shape index (κ2) is 12.9. The summed E-state index contributed by atoms with van der Waals surface area (Å²) in [4.78, 5) is 36.8. The zero-order valence-corrected chi connectivity index (χ0v) is 22.8. The summed E-state index contributed by atoms with van der Waals surface area (Å²) < 4.78 is 11.5. The number of aliphatic hydroxyl groups excluding tert-OH is 3. The molecule has 1 fully saturated rings. The van der Waals surface area contributed by atoms with Crippen LogP contribution in [0.5, 0.6) is 0 Å². The minimum Gasteiger partial charge on any atom is -0.477 e. The molecular formula is C29H31ClN2O9. The van der Waals surface area contributed by atoms with Crippen LogP contribution in [0.3, 0.4) is 0 Å². The first-order chi connectivity index (χ1) is 19.5. The van der Waals surface area contributed by atoms with Crippen LogP contribution in [0.15, 0.2) is 66.7 Å². The van der Waals surface area contributed by atoms with Gasteiger partial charge in [-0.1, -0.05) is 48.0 Å². The highest BCUT2D eigenvalue weighted by atomic mass is 35.5. The third kappa shape index (κ3) is 7.20. The highest BCUT2D eigenvalue weighted by molar-refractivity contribution is 6.30. The zero-order chi connectivity index (χ0) is 29.7. The van der Waals surface area contributed by atoms with Gasteiger partial charge >= 0.3 is 5.97 Å². The SMILES string of the molecule is CC(=O)N[C@H]1[C@H]([C@H](O)[C@H](O)CNC(=O)c2ccc(Cl)cc2)O[C@@](OCc2ccc3ccccc3c2)(C(=O)O)C[C@@H]1O. The van der Waals surface area contributed by atoms with E-state index < -0.39 is 67.0 Å². The number of aliphatic hydroxyl groups is 3. The molecule has 11 nitrogen and oxygen atoms in total. The summed E-state index contributed by atoms with van der Waals surface area (Å²) in [6.45, 7) is 0.509.